The third kappa shape index (κ3) is 2.79. The van der Waals surface area contributed by atoms with Crippen molar-refractivity contribution in [3.05, 3.63) is 22.4 Å². The molecule has 0 aliphatic carbocycles. The van der Waals surface area contributed by atoms with Gasteiger partial charge in [0, 0.05) is 19.0 Å². The van der Waals surface area contributed by atoms with Crippen LogP contribution in [0.1, 0.15) is 24.8 Å². The summed E-state index contributed by atoms with van der Waals surface area (Å²) in [6, 6.07) is 4.14. The largest absolute Gasteiger partial charge is 0.372 e. The second kappa shape index (κ2) is 5.28. The van der Waals surface area contributed by atoms with Crippen molar-refractivity contribution in [2.45, 2.75) is 26.0 Å². The molecule has 1 amide bonds. The van der Waals surface area contributed by atoms with Crippen LogP contribution in [0.5, 0.6) is 0 Å². The van der Waals surface area contributed by atoms with E-state index in [1.165, 1.54) is 4.88 Å². The fourth-order valence-electron chi connectivity index (χ4n) is 1.30. The fraction of sp³-hybridized carbons (Fsp3) is 0.545. The lowest BCUT2D eigenvalue weighted by Crippen LogP contribution is -2.37. The Bertz CT molecular complexity index is 310. The van der Waals surface area contributed by atoms with Gasteiger partial charge < -0.3 is 9.64 Å². The van der Waals surface area contributed by atoms with Crippen LogP contribution in [0.25, 0.3) is 0 Å². The number of rotatable bonds is 4. The van der Waals surface area contributed by atoms with Crippen molar-refractivity contribution in [1.29, 1.82) is 0 Å². The van der Waals surface area contributed by atoms with Crippen molar-refractivity contribution in [2.24, 2.45) is 0 Å². The van der Waals surface area contributed by atoms with Crippen LogP contribution in [-0.4, -0.2) is 31.1 Å². The van der Waals surface area contributed by atoms with Gasteiger partial charge in [0.2, 0.25) is 0 Å². The van der Waals surface area contributed by atoms with Crippen LogP contribution in [0.2, 0.25) is 0 Å². The second-order valence-electron chi connectivity index (χ2n) is 3.52. The molecule has 0 aliphatic heterocycles. The van der Waals surface area contributed by atoms with E-state index >= 15 is 0 Å². The standard InChI is InChI=1S/C11H17NO2S/c1-8(10-6-5-7-15-10)12(3)11(13)9(2)14-4/h5-9H,1-4H3. The van der Waals surface area contributed by atoms with Gasteiger partial charge in [0.15, 0.2) is 0 Å². The van der Waals surface area contributed by atoms with Gasteiger partial charge in [0.05, 0.1) is 6.04 Å². The van der Waals surface area contributed by atoms with Gasteiger partial charge >= 0.3 is 0 Å². The van der Waals surface area contributed by atoms with Crippen molar-refractivity contribution < 1.29 is 9.53 Å². The molecule has 0 radical (unpaired) electrons. The van der Waals surface area contributed by atoms with Crippen molar-refractivity contribution in [2.75, 3.05) is 14.2 Å². The van der Waals surface area contributed by atoms with Crippen molar-refractivity contribution in [3.8, 4) is 0 Å². The smallest absolute Gasteiger partial charge is 0.251 e. The molecule has 0 bridgehead atoms. The minimum Gasteiger partial charge on any atom is -0.372 e. The van der Waals surface area contributed by atoms with Crippen LogP contribution in [0.15, 0.2) is 17.5 Å². The summed E-state index contributed by atoms with van der Waals surface area (Å²) >= 11 is 1.66. The number of hydrogen-bond donors (Lipinski definition) is 0. The third-order valence-electron chi connectivity index (χ3n) is 2.58. The number of likely N-dealkylation sites (N-methyl/N-ethyl adjacent to an activating group) is 1. The molecule has 2 unspecified atom stereocenters. The van der Waals surface area contributed by atoms with Crippen LogP contribution in [-0.2, 0) is 9.53 Å². The highest BCUT2D eigenvalue weighted by atomic mass is 32.1. The Hall–Kier alpha value is -0.870. The Kier molecular flexibility index (Phi) is 4.29. The van der Waals surface area contributed by atoms with E-state index in [1.54, 1.807) is 30.3 Å². The quantitative estimate of drug-likeness (QED) is 0.790. The normalized spacial score (nSPS) is 14.7. The predicted molar refractivity (Wildman–Crippen MR) is 62.0 cm³/mol. The van der Waals surface area contributed by atoms with E-state index in [4.69, 9.17) is 4.74 Å². The van der Waals surface area contributed by atoms with E-state index in [0.29, 0.717) is 0 Å². The van der Waals surface area contributed by atoms with E-state index in [-0.39, 0.29) is 18.1 Å². The van der Waals surface area contributed by atoms with E-state index in [0.717, 1.165) is 0 Å². The predicted octanol–water partition coefficient (Wildman–Crippen LogP) is 2.30. The summed E-state index contributed by atoms with van der Waals surface area (Å²) in [6.45, 7) is 3.78. The van der Waals surface area contributed by atoms with Crippen LogP contribution >= 0.6 is 11.3 Å². The molecule has 3 nitrogen and oxygen atoms in total. The van der Waals surface area contributed by atoms with Crippen molar-refractivity contribution in [3.63, 3.8) is 0 Å². The summed E-state index contributed by atoms with van der Waals surface area (Å²) in [5.41, 5.74) is 0. The minimum absolute atomic E-state index is 0.0124. The van der Waals surface area contributed by atoms with Gasteiger partial charge in [0.25, 0.3) is 5.91 Å². The van der Waals surface area contributed by atoms with E-state index in [9.17, 15) is 4.79 Å². The second-order valence-corrected chi connectivity index (χ2v) is 4.50. The Balaban J connectivity index is 2.68. The number of nitrogens with zero attached hydrogens (tertiary/aromatic N) is 1. The summed E-state index contributed by atoms with van der Waals surface area (Å²) in [5.74, 6) is 0.0124. The van der Waals surface area contributed by atoms with E-state index in [2.05, 4.69) is 0 Å². The van der Waals surface area contributed by atoms with Gasteiger partial charge in [-0.1, -0.05) is 6.07 Å². The molecule has 84 valence electrons. The Morgan fingerprint density at radius 3 is 2.67 bits per heavy atom. The van der Waals surface area contributed by atoms with Gasteiger partial charge in [-0.15, -0.1) is 11.3 Å². The zero-order valence-corrected chi connectivity index (χ0v) is 10.4. The zero-order chi connectivity index (χ0) is 11.4. The van der Waals surface area contributed by atoms with Crippen LogP contribution in [0.3, 0.4) is 0 Å². The number of amides is 1. The molecule has 1 heterocycles. The van der Waals surface area contributed by atoms with Crippen molar-refractivity contribution >= 4 is 17.2 Å². The Morgan fingerprint density at radius 1 is 1.53 bits per heavy atom. The first-order valence-electron chi connectivity index (χ1n) is 4.90. The van der Waals surface area contributed by atoms with Crippen LogP contribution in [0, 0.1) is 0 Å². The van der Waals surface area contributed by atoms with E-state index in [1.807, 2.05) is 31.5 Å². The molecule has 0 spiro atoms. The first-order chi connectivity index (χ1) is 7.07. The lowest BCUT2D eigenvalue weighted by atomic mass is 10.2. The molecular formula is C11H17NO2S. The maximum absolute atomic E-state index is 11.8. The van der Waals surface area contributed by atoms with Gasteiger partial charge in [-0.25, -0.2) is 0 Å². The molecule has 1 aromatic rings. The number of hydrogen-bond acceptors (Lipinski definition) is 3. The molecule has 0 fully saturated rings. The first-order valence-corrected chi connectivity index (χ1v) is 5.78. The lowest BCUT2D eigenvalue weighted by molar-refractivity contribution is -0.141. The summed E-state index contributed by atoms with van der Waals surface area (Å²) in [6.07, 6.45) is -0.377. The summed E-state index contributed by atoms with van der Waals surface area (Å²) in [4.78, 5) is 14.7. The molecule has 2 atom stereocenters. The van der Waals surface area contributed by atoms with Crippen molar-refractivity contribution in [1.82, 2.24) is 4.90 Å². The zero-order valence-electron chi connectivity index (χ0n) is 9.56. The number of thiophene rings is 1. The molecular weight excluding hydrogens is 210 g/mol. The van der Waals surface area contributed by atoms with Crippen LogP contribution in [0.4, 0.5) is 0 Å². The maximum atomic E-state index is 11.8. The summed E-state index contributed by atoms with van der Waals surface area (Å²) in [5, 5.41) is 2.02. The van der Waals surface area contributed by atoms with E-state index < -0.39 is 0 Å². The van der Waals surface area contributed by atoms with Gasteiger partial charge in [0.1, 0.15) is 6.10 Å². The number of ether oxygens (including phenoxy) is 1. The topological polar surface area (TPSA) is 29.5 Å². The Morgan fingerprint density at radius 2 is 2.20 bits per heavy atom. The number of methoxy groups -OCH3 is 1. The SMILES string of the molecule is COC(C)C(=O)N(C)C(C)c1cccs1. The first kappa shape index (κ1) is 12.2. The summed E-state index contributed by atoms with van der Waals surface area (Å²) < 4.78 is 5.01. The summed E-state index contributed by atoms with van der Waals surface area (Å²) in [7, 11) is 3.36. The number of carbonyl (C=O) groups is 1. The molecule has 0 aliphatic rings. The van der Waals surface area contributed by atoms with Gasteiger partial charge in [-0.05, 0) is 25.3 Å². The molecule has 0 N–H and O–H groups in total. The third-order valence-corrected chi connectivity index (χ3v) is 3.63. The molecule has 1 aromatic heterocycles. The lowest BCUT2D eigenvalue weighted by Gasteiger charge is -2.26. The van der Waals surface area contributed by atoms with Crippen LogP contribution < -0.4 is 0 Å². The maximum Gasteiger partial charge on any atom is 0.251 e. The minimum atomic E-state index is -0.377. The average Bonchev–Trinajstić information content (AvgIpc) is 2.78. The highest BCUT2D eigenvalue weighted by molar-refractivity contribution is 7.10. The average molecular weight is 227 g/mol. The highest BCUT2D eigenvalue weighted by Gasteiger charge is 2.22. The Labute approximate surface area is 94.7 Å². The molecule has 0 saturated carbocycles. The van der Waals surface area contributed by atoms with Gasteiger partial charge in [-0.3, -0.25) is 4.79 Å². The number of carbonyl (C=O) groups excluding carboxylic acids is 1. The molecule has 0 aromatic carbocycles. The van der Waals surface area contributed by atoms with Gasteiger partial charge in [-0.2, -0.15) is 0 Å². The molecule has 0 saturated heterocycles. The molecule has 4 heteroatoms. The molecule has 15 heavy (non-hydrogen) atoms. The highest BCUT2D eigenvalue weighted by Crippen LogP contribution is 2.23. The fourth-order valence-corrected chi connectivity index (χ4v) is 2.12. The molecule has 1 rings (SSSR count). The monoisotopic (exact) mass is 227 g/mol.